The number of carbonyl (C=O) groups excluding carboxylic acids is 2. The Labute approximate surface area is 150 Å². The lowest BCUT2D eigenvalue weighted by molar-refractivity contribution is -0.113. The molecule has 0 bridgehead atoms. The maximum absolute atomic E-state index is 13.1. The molecule has 2 rings (SSSR count). The van der Waals surface area contributed by atoms with E-state index in [0.29, 0.717) is 28.3 Å². The number of halogens is 1. The average Bonchev–Trinajstić information content (AvgIpc) is 2.57. The summed E-state index contributed by atoms with van der Waals surface area (Å²) in [6.45, 7) is 3.25. The van der Waals surface area contributed by atoms with E-state index in [1.807, 2.05) is 0 Å². The zero-order valence-corrected chi connectivity index (χ0v) is 15.2. The van der Waals surface area contributed by atoms with Crippen molar-refractivity contribution < 1.29 is 18.7 Å². The van der Waals surface area contributed by atoms with Crippen LogP contribution < -0.4 is 10.1 Å². The van der Waals surface area contributed by atoms with Crippen LogP contribution in [0.4, 0.5) is 10.1 Å². The number of thioether (sulfide) groups is 1. The fourth-order valence-electron chi connectivity index (χ4n) is 2.32. The number of hydrogen-bond acceptors (Lipinski definition) is 4. The summed E-state index contributed by atoms with van der Waals surface area (Å²) in [5.74, 6) is 0.958. The van der Waals surface area contributed by atoms with Crippen molar-refractivity contribution in [2.24, 2.45) is 0 Å². The minimum Gasteiger partial charge on any atom is -0.496 e. The van der Waals surface area contributed by atoms with Crippen molar-refractivity contribution in [2.45, 2.75) is 19.6 Å². The van der Waals surface area contributed by atoms with Gasteiger partial charge in [-0.1, -0.05) is 0 Å². The van der Waals surface area contributed by atoms with E-state index >= 15 is 0 Å². The van der Waals surface area contributed by atoms with Gasteiger partial charge in [0.25, 0.3) is 0 Å². The van der Waals surface area contributed by atoms with Crippen molar-refractivity contribution in [2.75, 3.05) is 18.2 Å². The van der Waals surface area contributed by atoms with E-state index in [0.717, 1.165) is 5.56 Å². The fourth-order valence-corrected chi connectivity index (χ4v) is 3.12. The first kappa shape index (κ1) is 19.0. The Kier molecular flexibility index (Phi) is 6.58. The highest BCUT2D eigenvalue weighted by molar-refractivity contribution is 7.99. The standard InChI is InChI=1S/C19H20FNO3S/c1-12-8-16(20)5-6-17(12)21-19(23)11-25-10-15-9-14(13(2)22)4-7-18(15)24-3/h4-9H,10-11H2,1-3H3,(H,21,23). The molecular formula is C19H20FNO3S. The van der Waals surface area contributed by atoms with Crippen molar-refractivity contribution in [3.8, 4) is 5.75 Å². The van der Waals surface area contributed by atoms with E-state index in [9.17, 15) is 14.0 Å². The van der Waals surface area contributed by atoms with Crippen LogP contribution in [0, 0.1) is 12.7 Å². The smallest absolute Gasteiger partial charge is 0.234 e. The van der Waals surface area contributed by atoms with Gasteiger partial charge in [-0.2, -0.15) is 0 Å². The summed E-state index contributed by atoms with van der Waals surface area (Å²) in [5.41, 5.74) is 2.76. The maximum Gasteiger partial charge on any atom is 0.234 e. The number of amides is 1. The van der Waals surface area contributed by atoms with Crippen LogP contribution in [0.15, 0.2) is 36.4 Å². The Morgan fingerprint density at radius 1 is 1.20 bits per heavy atom. The SMILES string of the molecule is COc1ccc(C(C)=O)cc1CSCC(=O)Nc1ccc(F)cc1C. The average molecular weight is 361 g/mol. The maximum atomic E-state index is 13.1. The summed E-state index contributed by atoms with van der Waals surface area (Å²) < 4.78 is 18.4. The van der Waals surface area contributed by atoms with E-state index in [4.69, 9.17) is 4.74 Å². The molecule has 0 unspecified atom stereocenters. The Balaban J connectivity index is 1.94. The van der Waals surface area contributed by atoms with Crippen LogP contribution in [-0.2, 0) is 10.5 Å². The van der Waals surface area contributed by atoms with Gasteiger partial charge >= 0.3 is 0 Å². The molecule has 6 heteroatoms. The van der Waals surface area contributed by atoms with E-state index in [1.54, 1.807) is 38.3 Å². The molecule has 0 radical (unpaired) electrons. The number of nitrogens with one attached hydrogen (secondary N) is 1. The third-order valence-corrected chi connectivity index (χ3v) is 4.62. The molecule has 0 heterocycles. The first-order chi connectivity index (χ1) is 11.9. The molecule has 1 N–H and O–H groups in total. The van der Waals surface area contributed by atoms with Gasteiger partial charge in [0.2, 0.25) is 5.91 Å². The number of benzene rings is 2. The fraction of sp³-hybridized carbons (Fsp3) is 0.263. The van der Waals surface area contributed by atoms with Crippen LogP contribution in [-0.4, -0.2) is 24.6 Å². The highest BCUT2D eigenvalue weighted by Crippen LogP contribution is 2.25. The molecule has 0 saturated heterocycles. The molecule has 0 aliphatic rings. The molecule has 1 amide bonds. The summed E-state index contributed by atoms with van der Waals surface area (Å²) in [6.07, 6.45) is 0. The van der Waals surface area contributed by atoms with E-state index < -0.39 is 0 Å². The monoisotopic (exact) mass is 361 g/mol. The van der Waals surface area contributed by atoms with Crippen LogP contribution in [0.5, 0.6) is 5.75 Å². The molecule has 2 aromatic rings. The van der Waals surface area contributed by atoms with Gasteiger partial charge in [-0.25, -0.2) is 4.39 Å². The number of Topliss-reactive ketones (excluding diaryl/α,β-unsaturated/α-hetero) is 1. The highest BCUT2D eigenvalue weighted by Gasteiger charge is 2.10. The van der Waals surface area contributed by atoms with E-state index in [2.05, 4.69) is 5.32 Å². The number of carbonyl (C=O) groups is 2. The zero-order chi connectivity index (χ0) is 18.4. The summed E-state index contributed by atoms with van der Waals surface area (Å²) in [5, 5.41) is 2.77. The van der Waals surface area contributed by atoms with Gasteiger partial charge in [0.1, 0.15) is 11.6 Å². The Morgan fingerprint density at radius 3 is 2.60 bits per heavy atom. The second kappa shape index (κ2) is 8.67. The normalized spacial score (nSPS) is 10.4. The molecule has 25 heavy (non-hydrogen) atoms. The second-order valence-electron chi connectivity index (χ2n) is 5.58. The lowest BCUT2D eigenvalue weighted by Crippen LogP contribution is -2.15. The summed E-state index contributed by atoms with van der Waals surface area (Å²) in [6, 6.07) is 9.51. The predicted octanol–water partition coefficient (Wildman–Crippen LogP) is 4.22. The largest absolute Gasteiger partial charge is 0.496 e. The summed E-state index contributed by atoms with van der Waals surface area (Å²) >= 11 is 1.42. The minimum atomic E-state index is -0.331. The van der Waals surface area contributed by atoms with Gasteiger partial charge in [-0.15, -0.1) is 11.8 Å². The van der Waals surface area contributed by atoms with Crippen LogP contribution >= 0.6 is 11.8 Å². The molecule has 0 fully saturated rings. The van der Waals surface area contributed by atoms with Gasteiger partial charge in [0, 0.05) is 22.6 Å². The molecule has 4 nitrogen and oxygen atoms in total. The topological polar surface area (TPSA) is 55.4 Å². The van der Waals surface area contributed by atoms with Crippen molar-refractivity contribution in [1.82, 2.24) is 0 Å². The third-order valence-electron chi connectivity index (χ3n) is 3.64. The molecule has 2 aromatic carbocycles. The number of anilines is 1. The third kappa shape index (κ3) is 5.32. The number of rotatable bonds is 7. The van der Waals surface area contributed by atoms with Gasteiger partial charge in [0.15, 0.2) is 5.78 Å². The molecule has 0 spiro atoms. The summed E-state index contributed by atoms with van der Waals surface area (Å²) in [4.78, 5) is 23.6. The quantitative estimate of drug-likeness (QED) is 0.751. The predicted molar refractivity (Wildman–Crippen MR) is 98.9 cm³/mol. The van der Waals surface area contributed by atoms with E-state index in [-0.39, 0.29) is 23.3 Å². The Bertz CT molecular complexity index is 792. The number of ether oxygens (including phenoxy) is 1. The van der Waals surface area contributed by atoms with Crippen molar-refractivity contribution in [3.05, 3.63) is 58.9 Å². The number of ketones is 1. The second-order valence-corrected chi connectivity index (χ2v) is 6.57. The van der Waals surface area contributed by atoms with Gasteiger partial charge in [-0.3, -0.25) is 9.59 Å². The van der Waals surface area contributed by atoms with Gasteiger partial charge in [-0.05, 0) is 55.8 Å². The molecular weight excluding hydrogens is 341 g/mol. The zero-order valence-electron chi connectivity index (χ0n) is 14.4. The molecule has 132 valence electrons. The van der Waals surface area contributed by atoms with Crippen molar-refractivity contribution in [3.63, 3.8) is 0 Å². The molecule has 0 atom stereocenters. The van der Waals surface area contributed by atoms with Crippen LogP contribution in [0.3, 0.4) is 0 Å². The number of aryl methyl sites for hydroxylation is 1. The first-order valence-corrected chi connectivity index (χ1v) is 8.87. The van der Waals surface area contributed by atoms with Crippen LogP contribution in [0.2, 0.25) is 0 Å². The molecule has 0 aliphatic carbocycles. The van der Waals surface area contributed by atoms with Crippen molar-refractivity contribution >= 4 is 29.1 Å². The molecule has 0 saturated carbocycles. The lowest BCUT2D eigenvalue weighted by atomic mass is 10.1. The molecule has 0 aliphatic heterocycles. The van der Waals surface area contributed by atoms with Gasteiger partial charge in [0.05, 0.1) is 12.9 Å². The van der Waals surface area contributed by atoms with Crippen LogP contribution in [0.25, 0.3) is 0 Å². The summed E-state index contributed by atoms with van der Waals surface area (Å²) in [7, 11) is 1.57. The Hall–Kier alpha value is -2.34. The number of methoxy groups -OCH3 is 1. The minimum absolute atomic E-state index is 0.0153. The molecule has 0 aromatic heterocycles. The van der Waals surface area contributed by atoms with Gasteiger partial charge < -0.3 is 10.1 Å². The highest BCUT2D eigenvalue weighted by atomic mass is 32.2. The van der Waals surface area contributed by atoms with Crippen LogP contribution in [0.1, 0.15) is 28.4 Å². The van der Waals surface area contributed by atoms with Crippen molar-refractivity contribution in [1.29, 1.82) is 0 Å². The number of hydrogen-bond donors (Lipinski definition) is 1. The Morgan fingerprint density at radius 2 is 1.96 bits per heavy atom. The lowest BCUT2D eigenvalue weighted by Gasteiger charge is -2.11. The van der Waals surface area contributed by atoms with E-state index in [1.165, 1.54) is 30.8 Å². The first-order valence-electron chi connectivity index (χ1n) is 7.72.